The molecule has 0 atom stereocenters. The average Bonchev–Trinajstić information content (AvgIpc) is 3.85. The Balaban J connectivity index is 1.04. The Hall–Kier alpha value is -6.85. The van der Waals surface area contributed by atoms with E-state index in [1.54, 1.807) is 0 Å². The molecule has 1 aliphatic rings. The standard InChI is InChI=1S/C46H29N5/c1-2-12-33(13-3-1)50-40-18-8-6-15-35(40)37-26-29(21-23-42(37)50)30-22-24-43-38(27-30)36-16-7-9-19-41(36)51(43)44-20-10-17-39(48-44)46-47-28-32-25-31-11-4-5-14-34(31)45(32)49-46/h1-24,26-28H,25H2. The molecule has 0 unspecified atom stereocenters. The maximum Gasteiger partial charge on any atom is 0.178 e. The van der Waals surface area contributed by atoms with Gasteiger partial charge in [0.25, 0.3) is 0 Å². The van der Waals surface area contributed by atoms with Crippen LogP contribution in [-0.2, 0) is 6.42 Å². The van der Waals surface area contributed by atoms with E-state index in [0.717, 1.165) is 45.9 Å². The Morgan fingerprint density at radius 1 is 0.451 bits per heavy atom. The Morgan fingerprint density at radius 3 is 1.84 bits per heavy atom. The molecule has 0 aliphatic heterocycles. The zero-order chi connectivity index (χ0) is 33.5. The van der Waals surface area contributed by atoms with Gasteiger partial charge in [0.1, 0.15) is 11.5 Å². The van der Waals surface area contributed by atoms with Crippen LogP contribution in [0.3, 0.4) is 0 Å². The number of hydrogen-bond donors (Lipinski definition) is 0. The van der Waals surface area contributed by atoms with E-state index < -0.39 is 0 Å². The molecule has 10 aromatic rings. The molecule has 1 aliphatic carbocycles. The van der Waals surface area contributed by atoms with Crippen molar-refractivity contribution in [2.75, 3.05) is 0 Å². The van der Waals surface area contributed by atoms with Gasteiger partial charge in [0.05, 0.1) is 27.8 Å². The monoisotopic (exact) mass is 651 g/mol. The fraction of sp³-hybridized carbons (Fsp3) is 0.0217. The molecule has 4 aromatic heterocycles. The Bertz CT molecular complexity index is 3010. The van der Waals surface area contributed by atoms with Crippen molar-refractivity contribution in [1.29, 1.82) is 0 Å². The summed E-state index contributed by atoms with van der Waals surface area (Å²) in [7, 11) is 0. The quantitative estimate of drug-likeness (QED) is 0.190. The third-order valence-corrected chi connectivity index (χ3v) is 10.4. The van der Waals surface area contributed by atoms with Gasteiger partial charge in [-0.1, -0.05) is 97.1 Å². The maximum atomic E-state index is 5.17. The van der Waals surface area contributed by atoms with Crippen molar-refractivity contribution in [3.63, 3.8) is 0 Å². The zero-order valence-electron chi connectivity index (χ0n) is 27.5. The summed E-state index contributed by atoms with van der Waals surface area (Å²) in [6, 6.07) is 56.2. The third kappa shape index (κ3) is 4.25. The molecule has 238 valence electrons. The van der Waals surface area contributed by atoms with E-state index in [1.165, 1.54) is 54.8 Å². The van der Waals surface area contributed by atoms with Crippen molar-refractivity contribution in [2.24, 2.45) is 0 Å². The Kier molecular flexibility index (Phi) is 5.95. The highest BCUT2D eigenvalue weighted by Crippen LogP contribution is 2.39. The predicted molar refractivity (Wildman–Crippen MR) is 208 cm³/mol. The first kappa shape index (κ1) is 28.0. The Labute approximate surface area is 293 Å². The van der Waals surface area contributed by atoms with Gasteiger partial charge in [0.2, 0.25) is 0 Å². The molecule has 0 spiro atoms. The molecule has 0 N–H and O–H groups in total. The van der Waals surface area contributed by atoms with E-state index in [9.17, 15) is 0 Å². The fourth-order valence-electron chi connectivity index (χ4n) is 8.08. The normalized spacial score (nSPS) is 12.2. The largest absolute Gasteiger partial charge is 0.309 e. The number of benzene rings is 6. The molecule has 0 radical (unpaired) electrons. The minimum absolute atomic E-state index is 0.638. The van der Waals surface area contributed by atoms with Gasteiger partial charge >= 0.3 is 0 Å². The lowest BCUT2D eigenvalue weighted by Crippen LogP contribution is -2.01. The molecule has 0 bridgehead atoms. The van der Waals surface area contributed by atoms with Crippen LogP contribution in [0.2, 0.25) is 0 Å². The number of nitrogens with zero attached hydrogens (tertiary/aromatic N) is 5. The molecule has 0 saturated heterocycles. The van der Waals surface area contributed by atoms with E-state index in [2.05, 4.69) is 161 Å². The highest BCUT2D eigenvalue weighted by molar-refractivity contribution is 6.12. The average molecular weight is 652 g/mol. The number of hydrogen-bond acceptors (Lipinski definition) is 3. The first-order valence-corrected chi connectivity index (χ1v) is 17.3. The van der Waals surface area contributed by atoms with Crippen LogP contribution in [0, 0.1) is 0 Å². The van der Waals surface area contributed by atoms with Gasteiger partial charge < -0.3 is 4.57 Å². The first-order chi connectivity index (χ1) is 25.3. The smallest absolute Gasteiger partial charge is 0.178 e. The molecule has 5 heteroatoms. The van der Waals surface area contributed by atoms with Crippen LogP contribution in [0.1, 0.15) is 11.1 Å². The molecule has 4 heterocycles. The van der Waals surface area contributed by atoms with Crippen LogP contribution >= 0.6 is 0 Å². The van der Waals surface area contributed by atoms with E-state index in [0.29, 0.717) is 5.82 Å². The van der Waals surface area contributed by atoms with Gasteiger partial charge in [-0.05, 0) is 77.4 Å². The van der Waals surface area contributed by atoms with E-state index in [1.807, 2.05) is 12.3 Å². The van der Waals surface area contributed by atoms with E-state index in [4.69, 9.17) is 15.0 Å². The van der Waals surface area contributed by atoms with Crippen LogP contribution in [0.25, 0.3) is 89.0 Å². The number of para-hydroxylation sites is 3. The van der Waals surface area contributed by atoms with Crippen LogP contribution < -0.4 is 0 Å². The van der Waals surface area contributed by atoms with E-state index in [-0.39, 0.29) is 0 Å². The fourth-order valence-corrected chi connectivity index (χ4v) is 8.08. The molecule has 0 saturated carbocycles. The lowest BCUT2D eigenvalue weighted by atomic mass is 10.0. The summed E-state index contributed by atoms with van der Waals surface area (Å²) in [5, 5.41) is 4.87. The maximum absolute atomic E-state index is 5.17. The molecule has 6 aromatic carbocycles. The van der Waals surface area contributed by atoms with Crippen molar-refractivity contribution >= 4 is 43.6 Å². The topological polar surface area (TPSA) is 48.5 Å². The van der Waals surface area contributed by atoms with Crippen LogP contribution in [-0.4, -0.2) is 24.1 Å². The number of pyridine rings is 1. The minimum Gasteiger partial charge on any atom is -0.309 e. The minimum atomic E-state index is 0.638. The van der Waals surface area contributed by atoms with Gasteiger partial charge in [-0.25, -0.2) is 15.0 Å². The zero-order valence-corrected chi connectivity index (χ0v) is 27.5. The van der Waals surface area contributed by atoms with Crippen molar-refractivity contribution in [3.05, 3.63) is 175 Å². The van der Waals surface area contributed by atoms with Crippen LogP contribution in [0.4, 0.5) is 0 Å². The van der Waals surface area contributed by atoms with Gasteiger partial charge in [0, 0.05) is 51.0 Å². The third-order valence-electron chi connectivity index (χ3n) is 10.4. The molecule has 0 fully saturated rings. The summed E-state index contributed by atoms with van der Waals surface area (Å²) in [4.78, 5) is 15.0. The molecule has 11 rings (SSSR count). The molecular formula is C46H29N5. The van der Waals surface area contributed by atoms with Crippen LogP contribution in [0.15, 0.2) is 164 Å². The highest BCUT2D eigenvalue weighted by Gasteiger charge is 2.22. The summed E-state index contributed by atoms with van der Waals surface area (Å²) < 4.78 is 4.62. The lowest BCUT2D eigenvalue weighted by molar-refractivity contribution is 1.05. The SMILES string of the molecule is c1ccc(-n2c3ccccc3c3cc(-c4ccc5c(c4)c4ccccc4n5-c4cccc(-c5ncc6c(n5)-c5ccccc5C6)n4)ccc32)cc1. The van der Waals surface area contributed by atoms with Gasteiger partial charge in [-0.15, -0.1) is 0 Å². The van der Waals surface area contributed by atoms with Gasteiger partial charge in [0.15, 0.2) is 5.82 Å². The van der Waals surface area contributed by atoms with Gasteiger partial charge in [-0.3, -0.25) is 4.57 Å². The predicted octanol–water partition coefficient (Wildman–Crippen LogP) is 11.0. The van der Waals surface area contributed by atoms with Crippen molar-refractivity contribution in [3.8, 4) is 45.4 Å². The number of fused-ring (bicyclic) bond motifs is 9. The van der Waals surface area contributed by atoms with Crippen LogP contribution in [0.5, 0.6) is 0 Å². The second-order valence-electron chi connectivity index (χ2n) is 13.3. The summed E-state index contributed by atoms with van der Waals surface area (Å²) in [5.41, 5.74) is 13.6. The number of aromatic nitrogens is 5. The van der Waals surface area contributed by atoms with E-state index >= 15 is 0 Å². The second kappa shape index (κ2) is 10.8. The van der Waals surface area contributed by atoms with Crippen molar-refractivity contribution in [1.82, 2.24) is 24.1 Å². The summed E-state index contributed by atoms with van der Waals surface area (Å²) in [5.74, 6) is 1.48. The Morgan fingerprint density at radius 2 is 1.08 bits per heavy atom. The first-order valence-electron chi connectivity index (χ1n) is 17.3. The number of rotatable bonds is 4. The van der Waals surface area contributed by atoms with Crippen molar-refractivity contribution in [2.45, 2.75) is 6.42 Å². The van der Waals surface area contributed by atoms with Gasteiger partial charge in [-0.2, -0.15) is 0 Å². The molecule has 5 nitrogen and oxygen atoms in total. The second-order valence-corrected chi connectivity index (χ2v) is 13.3. The van der Waals surface area contributed by atoms with Crippen molar-refractivity contribution < 1.29 is 0 Å². The molecule has 0 amide bonds. The summed E-state index contributed by atoms with van der Waals surface area (Å²) in [6.07, 6.45) is 2.83. The lowest BCUT2D eigenvalue weighted by Gasteiger charge is -2.10. The molecular weight excluding hydrogens is 623 g/mol. The summed E-state index contributed by atoms with van der Waals surface area (Å²) in [6.45, 7) is 0. The highest BCUT2D eigenvalue weighted by atomic mass is 15.1. The summed E-state index contributed by atoms with van der Waals surface area (Å²) >= 11 is 0. The molecule has 51 heavy (non-hydrogen) atoms.